The number of amides is 1. The maximum atomic E-state index is 12.7. The van der Waals surface area contributed by atoms with E-state index in [2.05, 4.69) is 23.7 Å². The summed E-state index contributed by atoms with van der Waals surface area (Å²) in [6, 6.07) is 8.34. The number of carbonyl (C=O) groups excluding carboxylic acids is 1. The van der Waals surface area contributed by atoms with Crippen LogP contribution in [-0.4, -0.2) is 53.5 Å². The SMILES string of the molecule is COc1ccc(Cc2cnc3c(c2)c2c(n3C)CCC(N(C)C(=O)OC(C)(C)C)C2)cc1OC. The Morgan fingerprint density at radius 3 is 2.56 bits per heavy atom. The molecule has 0 spiro atoms. The van der Waals surface area contributed by atoms with Crippen molar-refractivity contribution in [3.05, 3.63) is 52.8 Å². The monoisotopic (exact) mass is 465 g/mol. The smallest absolute Gasteiger partial charge is 0.410 e. The molecular formula is C27H35N3O4. The van der Waals surface area contributed by atoms with Gasteiger partial charge in [0, 0.05) is 37.4 Å². The van der Waals surface area contributed by atoms with E-state index in [1.807, 2.05) is 46.1 Å². The van der Waals surface area contributed by atoms with Gasteiger partial charge in [-0.05, 0) is 81.3 Å². The van der Waals surface area contributed by atoms with Crippen LogP contribution in [0.2, 0.25) is 0 Å². The second-order valence-corrected chi connectivity index (χ2v) is 10.1. The van der Waals surface area contributed by atoms with Gasteiger partial charge in [-0.15, -0.1) is 0 Å². The standard InChI is InChI=1S/C27H35N3O4/c1-27(2,3)34-26(31)29(4)19-9-10-22-20(15-19)21-13-18(16-28-25(21)30(22)5)12-17-8-11-23(32-6)24(14-17)33-7/h8,11,13-14,16,19H,9-10,12,15H2,1-7H3. The van der Waals surface area contributed by atoms with Gasteiger partial charge in [0.1, 0.15) is 11.2 Å². The molecule has 0 bridgehead atoms. The van der Waals surface area contributed by atoms with Crippen molar-refractivity contribution in [1.29, 1.82) is 0 Å². The fraction of sp³-hybridized carbons (Fsp3) is 0.481. The van der Waals surface area contributed by atoms with Gasteiger partial charge in [-0.3, -0.25) is 0 Å². The fourth-order valence-corrected chi connectivity index (χ4v) is 4.80. The molecule has 34 heavy (non-hydrogen) atoms. The van der Waals surface area contributed by atoms with Crippen molar-refractivity contribution in [2.75, 3.05) is 21.3 Å². The number of pyridine rings is 1. The van der Waals surface area contributed by atoms with E-state index in [-0.39, 0.29) is 12.1 Å². The van der Waals surface area contributed by atoms with E-state index in [1.165, 1.54) is 11.3 Å². The highest BCUT2D eigenvalue weighted by atomic mass is 16.6. The van der Waals surface area contributed by atoms with Crippen molar-refractivity contribution in [3.8, 4) is 11.5 Å². The molecule has 2 heterocycles. The lowest BCUT2D eigenvalue weighted by Gasteiger charge is -2.33. The molecule has 7 nitrogen and oxygen atoms in total. The van der Waals surface area contributed by atoms with E-state index in [9.17, 15) is 4.79 Å². The molecule has 0 radical (unpaired) electrons. The summed E-state index contributed by atoms with van der Waals surface area (Å²) in [7, 11) is 7.22. The summed E-state index contributed by atoms with van der Waals surface area (Å²) in [5.41, 5.74) is 5.34. The first-order valence-electron chi connectivity index (χ1n) is 11.7. The molecule has 1 aliphatic rings. The normalized spacial score (nSPS) is 15.7. The van der Waals surface area contributed by atoms with E-state index in [4.69, 9.17) is 19.2 Å². The van der Waals surface area contributed by atoms with Gasteiger partial charge in [-0.1, -0.05) is 6.07 Å². The average Bonchev–Trinajstić information content (AvgIpc) is 3.08. The van der Waals surface area contributed by atoms with Crippen molar-refractivity contribution in [2.24, 2.45) is 7.05 Å². The van der Waals surface area contributed by atoms with Gasteiger partial charge in [-0.2, -0.15) is 0 Å². The van der Waals surface area contributed by atoms with Crippen molar-refractivity contribution in [3.63, 3.8) is 0 Å². The van der Waals surface area contributed by atoms with Gasteiger partial charge in [0.25, 0.3) is 0 Å². The second kappa shape index (κ2) is 9.20. The molecular weight excluding hydrogens is 430 g/mol. The van der Waals surface area contributed by atoms with Crippen LogP contribution in [0.5, 0.6) is 11.5 Å². The van der Waals surface area contributed by atoms with Gasteiger partial charge in [-0.25, -0.2) is 9.78 Å². The molecule has 0 aliphatic heterocycles. The minimum absolute atomic E-state index is 0.0995. The predicted octanol–water partition coefficient (Wildman–Crippen LogP) is 4.91. The predicted molar refractivity (Wildman–Crippen MR) is 133 cm³/mol. The minimum Gasteiger partial charge on any atom is -0.493 e. The number of rotatable bonds is 5. The first kappa shape index (κ1) is 23.9. The van der Waals surface area contributed by atoms with Crippen LogP contribution in [0.15, 0.2) is 30.5 Å². The van der Waals surface area contributed by atoms with Crippen molar-refractivity contribution >= 4 is 17.1 Å². The van der Waals surface area contributed by atoms with Crippen molar-refractivity contribution in [2.45, 2.75) is 58.1 Å². The molecule has 1 aromatic carbocycles. The maximum absolute atomic E-state index is 12.7. The third kappa shape index (κ3) is 4.69. The summed E-state index contributed by atoms with van der Waals surface area (Å²) in [5.74, 6) is 1.44. The zero-order valence-corrected chi connectivity index (χ0v) is 21.3. The molecule has 1 aliphatic carbocycles. The van der Waals surface area contributed by atoms with Gasteiger partial charge >= 0.3 is 6.09 Å². The molecule has 0 fully saturated rings. The zero-order valence-electron chi connectivity index (χ0n) is 21.3. The molecule has 1 atom stereocenters. The van der Waals surface area contributed by atoms with Gasteiger partial charge in [0.05, 0.1) is 14.2 Å². The molecule has 0 saturated carbocycles. The highest BCUT2D eigenvalue weighted by Crippen LogP contribution is 2.34. The van der Waals surface area contributed by atoms with Crippen molar-refractivity contribution < 1.29 is 19.0 Å². The Bertz CT molecular complexity index is 1210. The molecule has 7 heteroatoms. The van der Waals surface area contributed by atoms with Crippen LogP contribution in [0.25, 0.3) is 11.0 Å². The number of hydrogen-bond donors (Lipinski definition) is 0. The summed E-state index contributed by atoms with van der Waals surface area (Å²) in [4.78, 5) is 19.2. The lowest BCUT2D eigenvalue weighted by Crippen LogP contribution is -2.43. The van der Waals surface area contributed by atoms with Crippen LogP contribution in [0, 0.1) is 0 Å². The van der Waals surface area contributed by atoms with E-state index in [0.717, 1.165) is 59.3 Å². The molecule has 3 aromatic rings. The Labute approximate surface area is 201 Å². The lowest BCUT2D eigenvalue weighted by atomic mass is 9.90. The number of benzene rings is 1. The van der Waals surface area contributed by atoms with Crippen LogP contribution >= 0.6 is 0 Å². The molecule has 2 aromatic heterocycles. The lowest BCUT2D eigenvalue weighted by molar-refractivity contribution is 0.0210. The second-order valence-electron chi connectivity index (χ2n) is 10.1. The highest BCUT2D eigenvalue weighted by Gasteiger charge is 2.31. The number of nitrogens with zero attached hydrogens (tertiary/aromatic N) is 3. The molecule has 4 rings (SSSR count). The Hall–Kier alpha value is -3.22. The first-order chi connectivity index (χ1) is 16.1. The van der Waals surface area contributed by atoms with Crippen LogP contribution in [0.4, 0.5) is 4.79 Å². The van der Waals surface area contributed by atoms with Crippen LogP contribution in [-0.2, 0) is 31.0 Å². The summed E-state index contributed by atoms with van der Waals surface area (Å²) < 4.78 is 18.6. The van der Waals surface area contributed by atoms with Gasteiger partial charge in [0.15, 0.2) is 11.5 Å². The van der Waals surface area contributed by atoms with Gasteiger partial charge < -0.3 is 23.7 Å². The summed E-state index contributed by atoms with van der Waals surface area (Å²) in [5, 5.41) is 1.16. The maximum Gasteiger partial charge on any atom is 0.410 e. The molecule has 0 saturated heterocycles. The summed E-state index contributed by atoms with van der Waals surface area (Å²) in [6.45, 7) is 5.69. The molecule has 1 unspecified atom stereocenters. The van der Waals surface area contributed by atoms with Gasteiger partial charge in [0.2, 0.25) is 0 Å². The minimum atomic E-state index is -0.506. The van der Waals surface area contributed by atoms with E-state index >= 15 is 0 Å². The number of hydrogen-bond acceptors (Lipinski definition) is 5. The zero-order chi connectivity index (χ0) is 24.6. The third-order valence-corrected chi connectivity index (χ3v) is 6.56. The number of methoxy groups -OCH3 is 2. The number of ether oxygens (including phenoxy) is 3. The van der Waals surface area contributed by atoms with Crippen LogP contribution in [0.3, 0.4) is 0 Å². The Morgan fingerprint density at radius 1 is 1.15 bits per heavy atom. The van der Waals surface area contributed by atoms with Crippen LogP contribution < -0.4 is 9.47 Å². The average molecular weight is 466 g/mol. The quantitative estimate of drug-likeness (QED) is 0.536. The Balaban J connectivity index is 1.61. The number of likely N-dealkylation sites (N-methyl/N-ethyl adjacent to an activating group) is 1. The van der Waals surface area contributed by atoms with Crippen LogP contribution in [0.1, 0.15) is 49.6 Å². The fourth-order valence-electron chi connectivity index (χ4n) is 4.80. The first-order valence-corrected chi connectivity index (χ1v) is 11.7. The summed E-state index contributed by atoms with van der Waals surface area (Å²) in [6.07, 6.45) is 5.04. The number of aromatic nitrogens is 2. The number of aryl methyl sites for hydroxylation is 1. The van der Waals surface area contributed by atoms with Crippen molar-refractivity contribution in [1.82, 2.24) is 14.5 Å². The highest BCUT2D eigenvalue weighted by molar-refractivity contribution is 5.83. The third-order valence-electron chi connectivity index (χ3n) is 6.56. The van der Waals surface area contributed by atoms with E-state index < -0.39 is 5.60 Å². The molecule has 182 valence electrons. The Morgan fingerprint density at radius 2 is 1.88 bits per heavy atom. The Kier molecular flexibility index (Phi) is 6.47. The topological polar surface area (TPSA) is 65.8 Å². The summed E-state index contributed by atoms with van der Waals surface area (Å²) >= 11 is 0. The van der Waals surface area contributed by atoms with E-state index in [0.29, 0.717) is 0 Å². The largest absolute Gasteiger partial charge is 0.493 e. The number of carbonyl (C=O) groups is 1. The molecule has 1 amide bonds. The molecule has 0 N–H and O–H groups in total. The number of fused-ring (bicyclic) bond motifs is 3. The van der Waals surface area contributed by atoms with E-state index in [1.54, 1.807) is 19.1 Å².